The number of carbonyl (C=O) groups excluding carboxylic acids is 1. The van der Waals surface area contributed by atoms with E-state index < -0.39 is 11.7 Å². The van der Waals surface area contributed by atoms with Crippen molar-refractivity contribution in [1.82, 2.24) is 20.4 Å². The minimum absolute atomic E-state index is 0.0387. The van der Waals surface area contributed by atoms with Crippen LogP contribution < -0.4 is 11.1 Å². The Kier molecular flexibility index (Phi) is 2.95. The summed E-state index contributed by atoms with van der Waals surface area (Å²) in [6, 6.07) is 1.23. The molecule has 0 spiro atoms. The fraction of sp³-hybridized carbons (Fsp3) is 0.111. The SMILES string of the molecule is Nc1nccc(C(=O)NCc2ncon2)c1F. The van der Waals surface area contributed by atoms with Gasteiger partial charge in [-0.2, -0.15) is 4.98 Å². The molecule has 1 amide bonds. The number of carbonyl (C=O) groups is 1. The van der Waals surface area contributed by atoms with Crippen molar-refractivity contribution in [2.24, 2.45) is 0 Å². The highest BCUT2D eigenvalue weighted by Crippen LogP contribution is 2.11. The van der Waals surface area contributed by atoms with Crippen molar-refractivity contribution in [2.45, 2.75) is 6.54 Å². The summed E-state index contributed by atoms with van der Waals surface area (Å²) in [6.45, 7) is 0.0387. The molecule has 0 aliphatic carbocycles. The lowest BCUT2D eigenvalue weighted by Gasteiger charge is -2.04. The van der Waals surface area contributed by atoms with Gasteiger partial charge in [-0.25, -0.2) is 9.37 Å². The fourth-order valence-electron chi connectivity index (χ4n) is 1.16. The van der Waals surface area contributed by atoms with Crippen molar-refractivity contribution < 1.29 is 13.7 Å². The lowest BCUT2D eigenvalue weighted by Crippen LogP contribution is -2.24. The molecule has 3 N–H and O–H groups in total. The zero-order valence-corrected chi connectivity index (χ0v) is 8.55. The van der Waals surface area contributed by atoms with Gasteiger partial charge in [0.15, 0.2) is 17.5 Å². The van der Waals surface area contributed by atoms with E-state index in [-0.39, 0.29) is 17.9 Å². The van der Waals surface area contributed by atoms with Gasteiger partial charge in [-0.05, 0) is 6.07 Å². The lowest BCUT2D eigenvalue weighted by atomic mass is 10.2. The summed E-state index contributed by atoms with van der Waals surface area (Å²) < 4.78 is 17.9. The van der Waals surface area contributed by atoms with Gasteiger partial charge < -0.3 is 15.6 Å². The van der Waals surface area contributed by atoms with Crippen molar-refractivity contribution >= 4 is 11.7 Å². The number of rotatable bonds is 3. The Balaban J connectivity index is 2.07. The summed E-state index contributed by atoms with van der Waals surface area (Å²) in [7, 11) is 0. The number of nitrogens with two attached hydrogens (primary N) is 1. The largest absolute Gasteiger partial charge is 0.381 e. The van der Waals surface area contributed by atoms with Crippen LogP contribution in [0.4, 0.5) is 10.2 Å². The van der Waals surface area contributed by atoms with Crippen molar-refractivity contribution in [3.8, 4) is 0 Å². The average Bonchev–Trinajstić information content (AvgIpc) is 2.82. The molecule has 17 heavy (non-hydrogen) atoms. The molecule has 0 saturated carbocycles. The molecule has 0 radical (unpaired) electrons. The Labute approximate surface area is 94.8 Å². The maximum Gasteiger partial charge on any atom is 0.254 e. The normalized spacial score (nSPS) is 10.2. The average molecular weight is 237 g/mol. The van der Waals surface area contributed by atoms with Crippen LogP contribution in [0, 0.1) is 5.82 Å². The van der Waals surface area contributed by atoms with Crippen LogP contribution in [0.25, 0.3) is 0 Å². The predicted molar refractivity (Wildman–Crippen MR) is 54.1 cm³/mol. The van der Waals surface area contributed by atoms with E-state index in [1.54, 1.807) is 0 Å². The molecule has 0 aromatic carbocycles. The van der Waals surface area contributed by atoms with E-state index in [1.165, 1.54) is 12.3 Å². The first-order chi connectivity index (χ1) is 8.18. The topological polar surface area (TPSA) is 107 Å². The Morgan fingerprint density at radius 2 is 2.35 bits per heavy atom. The molecule has 7 nitrogen and oxygen atoms in total. The smallest absolute Gasteiger partial charge is 0.254 e. The van der Waals surface area contributed by atoms with Crippen LogP contribution in [0.15, 0.2) is 23.2 Å². The first kappa shape index (κ1) is 11.0. The summed E-state index contributed by atoms with van der Waals surface area (Å²) in [4.78, 5) is 18.8. The van der Waals surface area contributed by atoms with Crippen LogP contribution in [-0.4, -0.2) is 21.0 Å². The van der Waals surface area contributed by atoms with Crippen LogP contribution >= 0.6 is 0 Å². The molecule has 0 unspecified atom stereocenters. The number of anilines is 1. The van der Waals surface area contributed by atoms with Gasteiger partial charge >= 0.3 is 0 Å². The van der Waals surface area contributed by atoms with E-state index in [0.717, 1.165) is 6.39 Å². The van der Waals surface area contributed by atoms with E-state index in [2.05, 4.69) is 25.0 Å². The van der Waals surface area contributed by atoms with Crippen LogP contribution in [-0.2, 0) is 6.54 Å². The van der Waals surface area contributed by atoms with Crippen LogP contribution in [0.2, 0.25) is 0 Å². The third-order valence-corrected chi connectivity index (χ3v) is 1.97. The summed E-state index contributed by atoms with van der Waals surface area (Å²) in [6.07, 6.45) is 2.38. The second-order valence-electron chi connectivity index (χ2n) is 3.09. The molecule has 2 heterocycles. The van der Waals surface area contributed by atoms with Gasteiger partial charge in [0.25, 0.3) is 5.91 Å². The Bertz CT molecular complexity index is 528. The third-order valence-electron chi connectivity index (χ3n) is 1.97. The molecular weight excluding hydrogens is 229 g/mol. The highest BCUT2D eigenvalue weighted by atomic mass is 19.1. The molecule has 88 valence electrons. The number of pyridine rings is 1. The lowest BCUT2D eigenvalue weighted by molar-refractivity contribution is 0.0945. The Morgan fingerprint density at radius 1 is 1.53 bits per heavy atom. The van der Waals surface area contributed by atoms with Gasteiger partial charge in [-0.3, -0.25) is 4.79 Å². The quantitative estimate of drug-likeness (QED) is 0.784. The molecule has 2 aromatic heterocycles. The molecule has 0 aliphatic heterocycles. The van der Waals surface area contributed by atoms with Gasteiger partial charge in [0.1, 0.15) is 0 Å². The molecule has 8 heteroatoms. The van der Waals surface area contributed by atoms with E-state index in [1.807, 2.05) is 0 Å². The molecule has 2 rings (SSSR count). The van der Waals surface area contributed by atoms with E-state index in [4.69, 9.17) is 5.73 Å². The first-order valence-corrected chi connectivity index (χ1v) is 4.62. The van der Waals surface area contributed by atoms with Crippen molar-refractivity contribution in [1.29, 1.82) is 0 Å². The van der Waals surface area contributed by atoms with E-state index in [9.17, 15) is 9.18 Å². The van der Waals surface area contributed by atoms with E-state index in [0.29, 0.717) is 5.82 Å². The summed E-state index contributed by atoms with van der Waals surface area (Å²) in [5, 5.41) is 5.91. The van der Waals surface area contributed by atoms with Gasteiger partial charge in [0, 0.05) is 6.20 Å². The zero-order valence-electron chi connectivity index (χ0n) is 8.55. The molecule has 2 aromatic rings. The van der Waals surface area contributed by atoms with Gasteiger partial charge in [0.2, 0.25) is 6.39 Å². The standard InChI is InChI=1S/C9H8FN5O2/c10-7-5(1-2-12-8(7)11)9(16)13-3-6-14-4-17-15-6/h1-2,4H,3H2,(H2,11,12)(H,13,16). The fourth-order valence-corrected chi connectivity index (χ4v) is 1.16. The number of hydrogen-bond donors (Lipinski definition) is 2. The maximum absolute atomic E-state index is 13.4. The van der Waals surface area contributed by atoms with Gasteiger partial charge in [-0.15, -0.1) is 0 Å². The van der Waals surface area contributed by atoms with Gasteiger partial charge in [0.05, 0.1) is 12.1 Å². The van der Waals surface area contributed by atoms with E-state index >= 15 is 0 Å². The number of nitrogens with zero attached hydrogens (tertiary/aromatic N) is 3. The Hall–Kier alpha value is -2.51. The van der Waals surface area contributed by atoms with Crippen molar-refractivity contribution in [2.75, 3.05) is 5.73 Å². The summed E-state index contributed by atoms with van der Waals surface area (Å²) >= 11 is 0. The Morgan fingerprint density at radius 3 is 3.06 bits per heavy atom. The monoisotopic (exact) mass is 237 g/mol. The molecule has 0 bridgehead atoms. The van der Waals surface area contributed by atoms with Crippen molar-refractivity contribution in [3.63, 3.8) is 0 Å². The molecule has 0 aliphatic rings. The second-order valence-corrected chi connectivity index (χ2v) is 3.09. The van der Waals surface area contributed by atoms with Crippen molar-refractivity contribution in [3.05, 3.63) is 35.9 Å². The summed E-state index contributed by atoms with van der Waals surface area (Å²) in [5.74, 6) is -1.50. The third kappa shape index (κ3) is 2.36. The number of halogens is 1. The minimum atomic E-state index is -0.849. The van der Waals surface area contributed by atoms with Crippen LogP contribution in [0.5, 0.6) is 0 Å². The first-order valence-electron chi connectivity index (χ1n) is 4.62. The van der Waals surface area contributed by atoms with Gasteiger partial charge in [-0.1, -0.05) is 5.16 Å². The second kappa shape index (κ2) is 4.56. The number of amides is 1. The van der Waals surface area contributed by atoms with Crippen LogP contribution in [0.1, 0.15) is 16.2 Å². The highest BCUT2D eigenvalue weighted by molar-refractivity contribution is 5.94. The zero-order chi connectivity index (χ0) is 12.3. The number of hydrogen-bond acceptors (Lipinski definition) is 6. The number of nitrogens with one attached hydrogen (secondary N) is 1. The number of nitrogen functional groups attached to an aromatic ring is 1. The maximum atomic E-state index is 13.4. The molecule has 0 saturated heterocycles. The molecular formula is C9H8FN5O2. The predicted octanol–water partition coefficient (Wildman–Crippen LogP) is 0.116. The summed E-state index contributed by atoms with van der Waals surface area (Å²) in [5.41, 5.74) is 5.06. The molecule has 0 atom stereocenters. The molecule has 0 fully saturated rings. The van der Waals surface area contributed by atoms with Crippen LogP contribution in [0.3, 0.4) is 0 Å². The highest BCUT2D eigenvalue weighted by Gasteiger charge is 2.14. The number of aromatic nitrogens is 3. The minimum Gasteiger partial charge on any atom is -0.381 e.